The molecule has 0 aliphatic heterocycles. The Morgan fingerprint density at radius 1 is 1.12 bits per heavy atom. The van der Waals surface area contributed by atoms with Gasteiger partial charge in [-0.3, -0.25) is 4.79 Å². The molecule has 0 aromatic heterocycles. The van der Waals surface area contributed by atoms with Crippen LogP contribution in [0.25, 0.3) is 0 Å². The SMILES string of the molecule is C=C(C)C(=O)OCCCCCOC(=O)CCS. The van der Waals surface area contributed by atoms with Gasteiger partial charge in [0.05, 0.1) is 19.6 Å². The van der Waals surface area contributed by atoms with Gasteiger partial charge in [-0.1, -0.05) is 6.58 Å². The van der Waals surface area contributed by atoms with Crippen molar-refractivity contribution < 1.29 is 19.1 Å². The highest BCUT2D eigenvalue weighted by molar-refractivity contribution is 7.80. The second kappa shape index (κ2) is 10.2. The fourth-order valence-corrected chi connectivity index (χ4v) is 1.20. The molecule has 0 heterocycles. The Labute approximate surface area is 108 Å². The predicted octanol–water partition coefficient (Wildman–Crippen LogP) is 2.14. The van der Waals surface area contributed by atoms with Crippen LogP contribution in [-0.4, -0.2) is 30.9 Å². The molecule has 0 saturated heterocycles. The van der Waals surface area contributed by atoms with Crippen LogP contribution in [-0.2, 0) is 19.1 Å². The lowest BCUT2D eigenvalue weighted by Gasteiger charge is -2.05. The highest BCUT2D eigenvalue weighted by Gasteiger charge is 2.02. The van der Waals surface area contributed by atoms with E-state index in [0.29, 0.717) is 31.0 Å². The Morgan fingerprint density at radius 2 is 1.71 bits per heavy atom. The largest absolute Gasteiger partial charge is 0.466 e. The summed E-state index contributed by atoms with van der Waals surface area (Å²) in [5.74, 6) is -0.0608. The first-order chi connectivity index (χ1) is 8.07. The summed E-state index contributed by atoms with van der Waals surface area (Å²) in [7, 11) is 0. The number of carbonyl (C=O) groups excluding carboxylic acids is 2. The van der Waals surface area contributed by atoms with Crippen LogP contribution in [0.3, 0.4) is 0 Å². The van der Waals surface area contributed by atoms with Gasteiger partial charge in [-0.25, -0.2) is 4.79 Å². The van der Waals surface area contributed by atoms with Gasteiger partial charge in [0.2, 0.25) is 0 Å². The fraction of sp³-hybridized carbons (Fsp3) is 0.667. The molecular weight excluding hydrogens is 240 g/mol. The number of thiol groups is 1. The Balaban J connectivity index is 3.27. The third kappa shape index (κ3) is 9.93. The Kier molecular flexibility index (Phi) is 9.62. The molecule has 98 valence electrons. The summed E-state index contributed by atoms with van der Waals surface area (Å²) in [6, 6.07) is 0. The highest BCUT2D eigenvalue weighted by Crippen LogP contribution is 2.00. The molecule has 0 aromatic rings. The summed E-state index contributed by atoms with van der Waals surface area (Å²) in [4.78, 5) is 21.9. The number of unbranched alkanes of at least 4 members (excludes halogenated alkanes) is 2. The van der Waals surface area contributed by atoms with Gasteiger partial charge < -0.3 is 9.47 Å². The molecule has 0 atom stereocenters. The predicted molar refractivity (Wildman–Crippen MR) is 69.1 cm³/mol. The van der Waals surface area contributed by atoms with Gasteiger partial charge in [-0.15, -0.1) is 0 Å². The number of hydrogen-bond donors (Lipinski definition) is 1. The zero-order valence-corrected chi connectivity index (χ0v) is 11.1. The molecule has 4 nitrogen and oxygen atoms in total. The molecule has 17 heavy (non-hydrogen) atoms. The Bertz CT molecular complexity index is 263. The minimum absolute atomic E-state index is 0.214. The van der Waals surface area contributed by atoms with Crippen molar-refractivity contribution >= 4 is 24.6 Å². The molecule has 0 aliphatic rings. The third-order valence-corrected chi connectivity index (χ3v) is 2.17. The van der Waals surface area contributed by atoms with Gasteiger partial charge >= 0.3 is 11.9 Å². The maximum atomic E-state index is 11.0. The molecule has 0 rings (SSSR count). The van der Waals surface area contributed by atoms with Gasteiger partial charge in [0.25, 0.3) is 0 Å². The van der Waals surface area contributed by atoms with Crippen molar-refractivity contribution in [3.63, 3.8) is 0 Å². The Morgan fingerprint density at radius 3 is 2.24 bits per heavy atom. The van der Waals surface area contributed by atoms with E-state index in [1.54, 1.807) is 6.92 Å². The summed E-state index contributed by atoms with van der Waals surface area (Å²) >= 11 is 3.93. The van der Waals surface area contributed by atoms with Crippen LogP contribution >= 0.6 is 12.6 Å². The van der Waals surface area contributed by atoms with E-state index in [4.69, 9.17) is 9.47 Å². The van der Waals surface area contributed by atoms with Crippen LogP contribution < -0.4 is 0 Å². The van der Waals surface area contributed by atoms with Crippen molar-refractivity contribution in [3.05, 3.63) is 12.2 Å². The first kappa shape index (κ1) is 16.0. The molecule has 0 amide bonds. The van der Waals surface area contributed by atoms with E-state index in [1.807, 2.05) is 0 Å². The lowest BCUT2D eigenvalue weighted by Crippen LogP contribution is -2.08. The van der Waals surface area contributed by atoms with Crippen molar-refractivity contribution in [1.29, 1.82) is 0 Å². The molecule has 0 bridgehead atoms. The lowest BCUT2D eigenvalue weighted by molar-refractivity contribution is -0.143. The topological polar surface area (TPSA) is 52.6 Å². The number of ether oxygens (including phenoxy) is 2. The summed E-state index contributed by atoms with van der Waals surface area (Å²) < 4.78 is 9.85. The van der Waals surface area contributed by atoms with Gasteiger partial charge in [-0.05, 0) is 26.2 Å². The summed E-state index contributed by atoms with van der Waals surface area (Å²) in [5, 5.41) is 0. The zero-order chi connectivity index (χ0) is 13.1. The van der Waals surface area contributed by atoms with Crippen molar-refractivity contribution in [2.24, 2.45) is 0 Å². The average molecular weight is 260 g/mol. The molecule has 0 unspecified atom stereocenters. The van der Waals surface area contributed by atoms with Crippen LogP contribution in [0.5, 0.6) is 0 Å². The lowest BCUT2D eigenvalue weighted by atomic mass is 10.2. The maximum absolute atomic E-state index is 11.0. The number of esters is 2. The van der Waals surface area contributed by atoms with E-state index < -0.39 is 0 Å². The summed E-state index contributed by atoms with van der Waals surface area (Å²) in [6.45, 7) is 5.90. The van der Waals surface area contributed by atoms with Crippen molar-refractivity contribution in [2.45, 2.75) is 32.6 Å². The summed E-state index contributed by atoms with van der Waals surface area (Å²) in [5.41, 5.74) is 0.408. The molecule has 5 heteroatoms. The molecule has 0 radical (unpaired) electrons. The zero-order valence-electron chi connectivity index (χ0n) is 10.2. The highest BCUT2D eigenvalue weighted by atomic mass is 32.1. The van der Waals surface area contributed by atoms with Crippen molar-refractivity contribution in [1.82, 2.24) is 0 Å². The van der Waals surface area contributed by atoms with Crippen LogP contribution in [0.2, 0.25) is 0 Å². The van der Waals surface area contributed by atoms with E-state index in [-0.39, 0.29) is 11.9 Å². The van der Waals surface area contributed by atoms with E-state index in [0.717, 1.165) is 19.3 Å². The second-order valence-electron chi connectivity index (χ2n) is 3.67. The first-order valence-electron chi connectivity index (χ1n) is 5.67. The van der Waals surface area contributed by atoms with Crippen molar-refractivity contribution in [2.75, 3.05) is 19.0 Å². The van der Waals surface area contributed by atoms with Gasteiger partial charge in [0.15, 0.2) is 0 Å². The monoisotopic (exact) mass is 260 g/mol. The molecule has 0 saturated carbocycles. The third-order valence-electron chi connectivity index (χ3n) is 1.95. The first-order valence-corrected chi connectivity index (χ1v) is 6.30. The molecule has 0 N–H and O–H groups in total. The van der Waals surface area contributed by atoms with E-state index in [2.05, 4.69) is 19.2 Å². The number of carbonyl (C=O) groups is 2. The van der Waals surface area contributed by atoms with Crippen LogP contribution in [0.4, 0.5) is 0 Å². The van der Waals surface area contributed by atoms with E-state index in [1.165, 1.54) is 0 Å². The average Bonchev–Trinajstić information content (AvgIpc) is 2.27. The normalized spacial score (nSPS) is 9.76. The van der Waals surface area contributed by atoms with Gasteiger partial charge in [0.1, 0.15) is 0 Å². The second-order valence-corrected chi connectivity index (χ2v) is 4.12. The van der Waals surface area contributed by atoms with Gasteiger partial charge in [-0.2, -0.15) is 12.6 Å². The number of rotatable bonds is 9. The maximum Gasteiger partial charge on any atom is 0.333 e. The molecular formula is C12H20O4S. The molecule has 0 spiro atoms. The van der Waals surface area contributed by atoms with E-state index in [9.17, 15) is 9.59 Å². The van der Waals surface area contributed by atoms with Crippen LogP contribution in [0.1, 0.15) is 32.6 Å². The smallest absolute Gasteiger partial charge is 0.333 e. The standard InChI is InChI=1S/C12H20O4S/c1-10(2)12(14)16-8-5-3-4-7-15-11(13)6-9-17/h17H,1,3-9H2,2H3. The Hall–Kier alpha value is -0.970. The van der Waals surface area contributed by atoms with Gasteiger partial charge in [0, 0.05) is 11.3 Å². The molecule has 0 fully saturated rings. The summed E-state index contributed by atoms with van der Waals surface area (Å²) in [6.07, 6.45) is 2.75. The minimum atomic E-state index is -0.356. The number of hydrogen-bond acceptors (Lipinski definition) is 5. The quantitative estimate of drug-likeness (QED) is 0.299. The van der Waals surface area contributed by atoms with Crippen LogP contribution in [0, 0.1) is 0 Å². The molecule has 0 aliphatic carbocycles. The molecule has 0 aromatic carbocycles. The minimum Gasteiger partial charge on any atom is -0.466 e. The van der Waals surface area contributed by atoms with E-state index >= 15 is 0 Å². The van der Waals surface area contributed by atoms with Crippen LogP contribution in [0.15, 0.2) is 12.2 Å². The van der Waals surface area contributed by atoms with Crippen molar-refractivity contribution in [3.8, 4) is 0 Å². The fourth-order valence-electron chi connectivity index (χ4n) is 1.02.